The van der Waals surface area contributed by atoms with E-state index < -0.39 is 0 Å². The van der Waals surface area contributed by atoms with Crippen LogP contribution in [0.3, 0.4) is 0 Å². The van der Waals surface area contributed by atoms with E-state index in [-0.39, 0.29) is 17.7 Å². The molecule has 0 fully saturated rings. The van der Waals surface area contributed by atoms with E-state index in [4.69, 9.17) is 0 Å². The van der Waals surface area contributed by atoms with Crippen LogP contribution in [0.2, 0.25) is 0 Å². The summed E-state index contributed by atoms with van der Waals surface area (Å²) in [5.41, 5.74) is 12.2. The summed E-state index contributed by atoms with van der Waals surface area (Å²) in [5.74, 6) is -0.0552. The number of hydrogen-bond acceptors (Lipinski definition) is 3. The Bertz CT molecular complexity index is 1490. The van der Waals surface area contributed by atoms with Gasteiger partial charge in [0.25, 0.3) is 0 Å². The molecule has 0 radical (unpaired) electrons. The van der Waals surface area contributed by atoms with Gasteiger partial charge >= 0.3 is 0 Å². The Morgan fingerprint density at radius 3 is 0.857 bits per heavy atom. The maximum absolute atomic E-state index is 12.0. The SMILES string of the molecule is CC(=O)N(C)c1ccc(-c2cc(-c3ccc(N(C)C(C)=O)cc3C)cc(-c3ccc(N(C)C(C)=O)cc3C)c2)c(C)c1. The van der Waals surface area contributed by atoms with Gasteiger partial charge in [0.05, 0.1) is 0 Å². The summed E-state index contributed by atoms with van der Waals surface area (Å²) in [6.45, 7) is 10.9. The molecule has 42 heavy (non-hydrogen) atoms. The zero-order valence-electron chi connectivity index (χ0n) is 26.0. The van der Waals surface area contributed by atoms with E-state index in [1.165, 1.54) is 0 Å². The highest BCUT2D eigenvalue weighted by Crippen LogP contribution is 2.38. The summed E-state index contributed by atoms with van der Waals surface area (Å²) in [6, 6.07) is 24.9. The molecule has 0 saturated heterocycles. The average Bonchev–Trinajstić information content (AvgIpc) is 2.95. The van der Waals surface area contributed by atoms with Gasteiger partial charge in [-0.25, -0.2) is 0 Å². The molecule has 0 aliphatic rings. The molecular formula is C36H39N3O3. The third-order valence-electron chi connectivity index (χ3n) is 8.07. The number of nitrogens with zero attached hydrogens (tertiary/aromatic N) is 3. The molecule has 4 aromatic carbocycles. The van der Waals surface area contributed by atoms with E-state index in [2.05, 4.69) is 57.2 Å². The predicted molar refractivity (Wildman–Crippen MR) is 174 cm³/mol. The Kier molecular flexibility index (Phi) is 8.67. The van der Waals surface area contributed by atoms with Crippen LogP contribution in [0.25, 0.3) is 33.4 Å². The first-order valence-corrected chi connectivity index (χ1v) is 14.0. The second kappa shape index (κ2) is 12.0. The number of benzene rings is 4. The van der Waals surface area contributed by atoms with Gasteiger partial charge in [0, 0.05) is 59.0 Å². The minimum Gasteiger partial charge on any atom is -0.316 e. The van der Waals surface area contributed by atoms with Crippen molar-refractivity contribution in [2.75, 3.05) is 35.8 Å². The molecule has 0 heterocycles. The Labute approximate surface area is 249 Å². The molecule has 4 rings (SSSR count). The predicted octanol–water partition coefficient (Wildman–Crippen LogP) is 7.56. The van der Waals surface area contributed by atoms with Gasteiger partial charge in [-0.1, -0.05) is 18.2 Å². The molecule has 0 unspecified atom stereocenters. The Morgan fingerprint density at radius 1 is 0.429 bits per heavy atom. The van der Waals surface area contributed by atoms with Crippen molar-refractivity contribution in [1.82, 2.24) is 0 Å². The molecule has 3 amide bonds. The normalized spacial score (nSPS) is 10.8. The number of rotatable bonds is 6. The Morgan fingerprint density at radius 2 is 0.667 bits per heavy atom. The van der Waals surface area contributed by atoms with E-state index in [1.54, 1.807) is 56.6 Å². The Hall–Kier alpha value is -4.71. The van der Waals surface area contributed by atoms with Crippen LogP contribution in [0.1, 0.15) is 37.5 Å². The molecule has 4 aromatic rings. The lowest BCUT2D eigenvalue weighted by molar-refractivity contribution is -0.117. The molecule has 0 aromatic heterocycles. The van der Waals surface area contributed by atoms with Crippen molar-refractivity contribution in [3.8, 4) is 33.4 Å². The van der Waals surface area contributed by atoms with Crippen LogP contribution in [-0.2, 0) is 14.4 Å². The van der Waals surface area contributed by atoms with E-state index in [0.717, 1.165) is 67.1 Å². The second-order valence-corrected chi connectivity index (χ2v) is 11.0. The van der Waals surface area contributed by atoms with Crippen LogP contribution < -0.4 is 14.7 Å². The Balaban J connectivity index is 1.91. The number of aryl methyl sites for hydroxylation is 3. The van der Waals surface area contributed by atoms with Crippen molar-refractivity contribution in [3.05, 3.63) is 89.5 Å². The van der Waals surface area contributed by atoms with Gasteiger partial charge in [-0.2, -0.15) is 0 Å². The summed E-state index contributed by atoms with van der Waals surface area (Å²) in [6.07, 6.45) is 0. The summed E-state index contributed by atoms with van der Waals surface area (Å²) < 4.78 is 0. The van der Waals surface area contributed by atoms with Gasteiger partial charge in [-0.05, 0) is 125 Å². The average molecular weight is 562 g/mol. The van der Waals surface area contributed by atoms with E-state index in [9.17, 15) is 14.4 Å². The molecular weight excluding hydrogens is 522 g/mol. The minimum atomic E-state index is -0.0184. The molecule has 0 spiro atoms. The van der Waals surface area contributed by atoms with Crippen LogP contribution in [0.4, 0.5) is 17.1 Å². The van der Waals surface area contributed by atoms with Gasteiger partial charge in [0.2, 0.25) is 17.7 Å². The fourth-order valence-electron chi connectivity index (χ4n) is 5.18. The molecule has 0 atom stereocenters. The van der Waals surface area contributed by atoms with Gasteiger partial charge in [0.1, 0.15) is 0 Å². The second-order valence-electron chi connectivity index (χ2n) is 11.0. The van der Waals surface area contributed by atoms with Gasteiger partial charge in [0.15, 0.2) is 0 Å². The summed E-state index contributed by atoms with van der Waals surface area (Å²) in [4.78, 5) is 40.8. The van der Waals surface area contributed by atoms with Crippen LogP contribution in [0, 0.1) is 20.8 Å². The van der Waals surface area contributed by atoms with Gasteiger partial charge < -0.3 is 14.7 Å². The molecule has 0 bridgehead atoms. The molecule has 0 N–H and O–H groups in total. The zero-order valence-corrected chi connectivity index (χ0v) is 26.0. The van der Waals surface area contributed by atoms with E-state index in [1.807, 2.05) is 36.4 Å². The molecule has 0 aliphatic carbocycles. The number of amides is 3. The maximum Gasteiger partial charge on any atom is 0.223 e. The highest BCUT2D eigenvalue weighted by molar-refractivity contribution is 5.94. The smallest absolute Gasteiger partial charge is 0.223 e. The van der Waals surface area contributed by atoms with Crippen molar-refractivity contribution in [1.29, 1.82) is 0 Å². The lowest BCUT2D eigenvalue weighted by atomic mass is 9.89. The minimum absolute atomic E-state index is 0.0184. The van der Waals surface area contributed by atoms with Crippen molar-refractivity contribution < 1.29 is 14.4 Å². The van der Waals surface area contributed by atoms with Gasteiger partial charge in [-0.3, -0.25) is 14.4 Å². The monoisotopic (exact) mass is 561 g/mol. The maximum atomic E-state index is 12.0. The lowest BCUT2D eigenvalue weighted by Crippen LogP contribution is -2.22. The van der Waals surface area contributed by atoms with Crippen molar-refractivity contribution in [2.24, 2.45) is 0 Å². The fourth-order valence-corrected chi connectivity index (χ4v) is 5.18. The molecule has 0 saturated carbocycles. The number of carbonyl (C=O) groups excluding carboxylic acids is 3. The van der Waals surface area contributed by atoms with Crippen molar-refractivity contribution >= 4 is 34.8 Å². The van der Waals surface area contributed by atoms with Crippen LogP contribution in [0.5, 0.6) is 0 Å². The van der Waals surface area contributed by atoms with Crippen molar-refractivity contribution in [2.45, 2.75) is 41.5 Å². The lowest BCUT2D eigenvalue weighted by Gasteiger charge is -2.20. The van der Waals surface area contributed by atoms with E-state index in [0.29, 0.717) is 0 Å². The third kappa shape index (κ3) is 6.13. The summed E-state index contributed by atoms with van der Waals surface area (Å²) >= 11 is 0. The topological polar surface area (TPSA) is 60.9 Å². The van der Waals surface area contributed by atoms with Crippen molar-refractivity contribution in [3.63, 3.8) is 0 Å². The third-order valence-corrected chi connectivity index (χ3v) is 8.07. The zero-order chi connectivity index (χ0) is 30.9. The first-order chi connectivity index (χ1) is 19.8. The van der Waals surface area contributed by atoms with Crippen LogP contribution in [-0.4, -0.2) is 38.9 Å². The van der Waals surface area contributed by atoms with Crippen LogP contribution >= 0.6 is 0 Å². The highest BCUT2D eigenvalue weighted by Gasteiger charge is 2.16. The number of anilines is 3. The number of hydrogen-bond donors (Lipinski definition) is 0. The molecule has 6 heteroatoms. The molecule has 6 nitrogen and oxygen atoms in total. The number of carbonyl (C=O) groups is 3. The summed E-state index contributed by atoms with van der Waals surface area (Å²) in [5, 5.41) is 0. The highest BCUT2D eigenvalue weighted by atomic mass is 16.2. The quantitative estimate of drug-likeness (QED) is 0.244. The summed E-state index contributed by atoms with van der Waals surface area (Å²) in [7, 11) is 5.34. The standard InChI is InChI=1S/C36H39N3O3/c1-22-16-31(37(7)25(4)40)10-13-34(22)28-19-29(35-14-11-32(17-23(35)2)38(8)26(5)41)21-30(20-28)36-15-12-33(18-24(36)3)39(9)27(6)42/h10-21H,1-9H3. The van der Waals surface area contributed by atoms with Gasteiger partial charge in [-0.15, -0.1) is 0 Å². The fraction of sp³-hybridized carbons (Fsp3) is 0.250. The van der Waals surface area contributed by atoms with E-state index >= 15 is 0 Å². The molecule has 0 aliphatic heterocycles. The molecule has 216 valence electrons. The largest absolute Gasteiger partial charge is 0.316 e. The first kappa shape index (κ1) is 30.3. The van der Waals surface area contributed by atoms with Crippen LogP contribution in [0.15, 0.2) is 72.8 Å². The first-order valence-electron chi connectivity index (χ1n) is 14.0.